The van der Waals surface area contributed by atoms with E-state index in [0.717, 1.165) is 17.4 Å². The molecule has 4 heteroatoms. The lowest BCUT2D eigenvalue weighted by molar-refractivity contribution is 0.112. The van der Waals surface area contributed by atoms with E-state index in [9.17, 15) is 9.18 Å². The van der Waals surface area contributed by atoms with E-state index in [-0.39, 0.29) is 12.2 Å². The molecule has 0 aliphatic heterocycles. The zero-order chi connectivity index (χ0) is 15.4. The Hall–Kier alpha value is -2.67. The van der Waals surface area contributed by atoms with Gasteiger partial charge in [-0.25, -0.2) is 4.39 Å². The van der Waals surface area contributed by atoms with Crippen LogP contribution in [0.4, 0.5) is 4.39 Å². The molecule has 0 amide bonds. The van der Waals surface area contributed by atoms with Gasteiger partial charge in [-0.1, -0.05) is 0 Å². The fourth-order valence-electron chi connectivity index (χ4n) is 2.23. The summed E-state index contributed by atoms with van der Waals surface area (Å²) in [6.07, 6.45) is 0.787. The van der Waals surface area contributed by atoms with Crippen LogP contribution in [0.2, 0.25) is 0 Å². The highest BCUT2D eigenvalue weighted by atomic mass is 19.1. The number of ether oxygens (including phenoxy) is 1. The van der Waals surface area contributed by atoms with Crippen molar-refractivity contribution in [3.05, 3.63) is 64.0 Å². The van der Waals surface area contributed by atoms with E-state index in [1.807, 2.05) is 19.9 Å². The number of halogens is 1. The third kappa shape index (κ3) is 3.46. The molecule has 0 spiro atoms. The van der Waals surface area contributed by atoms with E-state index in [0.29, 0.717) is 16.9 Å². The molecule has 2 rings (SSSR count). The zero-order valence-corrected chi connectivity index (χ0v) is 11.8. The van der Waals surface area contributed by atoms with Crippen molar-refractivity contribution in [3.8, 4) is 11.8 Å². The Morgan fingerprint density at radius 1 is 1.19 bits per heavy atom. The molecule has 2 aromatic carbocycles. The molecule has 0 heterocycles. The van der Waals surface area contributed by atoms with Crippen LogP contribution in [-0.4, -0.2) is 6.29 Å². The minimum Gasteiger partial charge on any atom is -0.488 e. The van der Waals surface area contributed by atoms with Crippen molar-refractivity contribution in [3.63, 3.8) is 0 Å². The Morgan fingerprint density at radius 2 is 1.86 bits per heavy atom. The van der Waals surface area contributed by atoms with Gasteiger partial charge >= 0.3 is 0 Å². The highest BCUT2D eigenvalue weighted by Crippen LogP contribution is 2.25. The lowest BCUT2D eigenvalue weighted by Crippen LogP contribution is -2.01. The first-order chi connectivity index (χ1) is 10.0. The second kappa shape index (κ2) is 6.19. The minimum atomic E-state index is -0.461. The Kier molecular flexibility index (Phi) is 4.34. The van der Waals surface area contributed by atoms with Crippen LogP contribution in [0.1, 0.15) is 32.6 Å². The van der Waals surface area contributed by atoms with E-state index in [2.05, 4.69) is 0 Å². The molecule has 0 N–H and O–H groups in total. The lowest BCUT2D eigenvalue weighted by Gasteiger charge is -2.13. The SMILES string of the molecule is Cc1cc(C=O)cc(C)c1OCc1cc(F)cc(C#N)c1. The van der Waals surface area contributed by atoms with Gasteiger partial charge in [0.1, 0.15) is 24.5 Å². The van der Waals surface area contributed by atoms with E-state index in [4.69, 9.17) is 10.00 Å². The fourth-order valence-corrected chi connectivity index (χ4v) is 2.23. The molecule has 0 saturated heterocycles. The number of carbonyl (C=O) groups excluding carboxylic acids is 1. The second-order valence-corrected chi connectivity index (χ2v) is 4.85. The third-order valence-corrected chi connectivity index (χ3v) is 3.09. The van der Waals surface area contributed by atoms with E-state index in [1.165, 1.54) is 12.1 Å². The molecule has 106 valence electrons. The molecule has 0 radical (unpaired) electrons. The zero-order valence-electron chi connectivity index (χ0n) is 11.8. The summed E-state index contributed by atoms with van der Waals surface area (Å²) in [5.74, 6) is 0.209. The van der Waals surface area contributed by atoms with Gasteiger partial charge in [-0.15, -0.1) is 0 Å². The maximum absolute atomic E-state index is 13.4. The van der Waals surface area contributed by atoms with E-state index < -0.39 is 5.82 Å². The molecule has 3 nitrogen and oxygen atoms in total. The van der Waals surface area contributed by atoms with Crippen LogP contribution in [0.25, 0.3) is 0 Å². The fraction of sp³-hybridized carbons (Fsp3) is 0.176. The Morgan fingerprint density at radius 3 is 2.43 bits per heavy atom. The standard InChI is InChI=1S/C17H14FNO2/c1-11-3-14(9-20)4-12(2)17(11)21-10-15-5-13(8-19)6-16(18)7-15/h3-7,9H,10H2,1-2H3. The summed E-state index contributed by atoms with van der Waals surface area (Å²) in [5.41, 5.74) is 3.13. The summed E-state index contributed by atoms with van der Waals surface area (Å²) >= 11 is 0. The third-order valence-electron chi connectivity index (χ3n) is 3.09. The van der Waals surface area contributed by atoms with E-state index >= 15 is 0 Å². The summed E-state index contributed by atoms with van der Waals surface area (Å²) in [5, 5.41) is 8.83. The molecule has 2 aromatic rings. The molecule has 0 aromatic heterocycles. The van der Waals surface area contributed by atoms with Gasteiger partial charge in [0.15, 0.2) is 0 Å². The van der Waals surface area contributed by atoms with Crippen LogP contribution in [0.5, 0.6) is 5.75 Å². The molecule has 0 aliphatic rings. The average Bonchev–Trinajstić information content (AvgIpc) is 2.45. The maximum Gasteiger partial charge on any atom is 0.150 e. The van der Waals surface area contributed by atoms with Crippen molar-refractivity contribution in [2.45, 2.75) is 20.5 Å². The number of hydrogen-bond donors (Lipinski definition) is 0. The number of aldehydes is 1. The molecule has 0 atom stereocenters. The van der Waals surface area contributed by atoms with Gasteiger partial charge in [-0.3, -0.25) is 4.79 Å². The van der Waals surface area contributed by atoms with Crippen LogP contribution >= 0.6 is 0 Å². The van der Waals surface area contributed by atoms with Gasteiger partial charge in [0, 0.05) is 5.56 Å². The summed E-state index contributed by atoms with van der Waals surface area (Å²) in [6.45, 7) is 3.86. The van der Waals surface area contributed by atoms with Crippen molar-refractivity contribution < 1.29 is 13.9 Å². The van der Waals surface area contributed by atoms with Crippen LogP contribution < -0.4 is 4.74 Å². The monoisotopic (exact) mass is 283 g/mol. The molecular formula is C17H14FNO2. The van der Waals surface area contributed by atoms with Crippen LogP contribution in [0.15, 0.2) is 30.3 Å². The van der Waals surface area contributed by atoms with Gasteiger partial charge in [0.25, 0.3) is 0 Å². The largest absolute Gasteiger partial charge is 0.488 e. The number of nitrogens with zero attached hydrogens (tertiary/aromatic N) is 1. The average molecular weight is 283 g/mol. The first-order valence-electron chi connectivity index (χ1n) is 6.42. The number of hydrogen-bond acceptors (Lipinski definition) is 3. The second-order valence-electron chi connectivity index (χ2n) is 4.85. The Balaban J connectivity index is 2.23. The summed E-state index contributed by atoms with van der Waals surface area (Å²) in [4.78, 5) is 10.8. The minimum absolute atomic E-state index is 0.161. The first kappa shape index (κ1) is 14.7. The summed E-state index contributed by atoms with van der Waals surface area (Å²) < 4.78 is 19.1. The van der Waals surface area contributed by atoms with Gasteiger partial charge in [-0.2, -0.15) is 5.26 Å². The smallest absolute Gasteiger partial charge is 0.150 e. The highest BCUT2D eigenvalue weighted by Gasteiger charge is 2.08. The number of rotatable bonds is 4. The molecule has 0 aliphatic carbocycles. The molecule has 0 bridgehead atoms. The molecular weight excluding hydrogens is 269 g/mol. The lowest BCUT2D eigenvalue weighted by atomic mass is 10.1. The molecule has 21 heavy (non-hydrogen) atoms. The van der Waals surface area contributed by atoms with Crippen molar-refractivity contribution in [1.29, 1.82) is 5.26 Å². The summed E-state index contributed by atoms with van der Waals surface area (Å²) in [7, 11) is 0. The van der Waals surface area contributed by atoms with Crippen molar-refractivity contribution in [1.82, 2.24) is 0 Å². The molecule has 0 unspecified atom stereocenters. The van der Waals surface area contributed by atoms with Crippen LogP contribution in [-0.2, 0) is 6.61 Å². The van der Waals surface area contributed by atoms with Crippen LogP contribution in [0, 0.1) is 31.0 Å². The predicted molar refractivity (Wildman–Crippen MR) is 76.8 cm³/mol. The van der Waals surface area contributed by atoms with Crippen LogP contribution in [0.3, 0.4) is 0 Å². The van der Waals surface area contributed by atoms with Crippen molar-refractivity contribution >= 4 is 6.29 Å². The molecule has 0 saturated carbocycles. The highest BCUT2D eigenvalue weighted by molar-refractivity contribution is 5.76. The number of benzene rings is 2. The van der Waals surface area contributed by atoms with Gasteiger partial charge < -0.3 is 4.74 Å². The normalized spacial score (nSPS) is 10.0. The van der Waals surface area contributed by atoms with Crippen molar-refractivity contribution in [2.24, 2.45) is 0 Å². The number of carbonyl (C=O) groups is 1. The van der Waals surface area contributed by atoms with Crippen molar-refractivity contribution in [2.75, 3.05) is 0 Å². The first-order valence-corrected chi connectivity index (χ1v) is 6.42. The predicted octanol–water partition coefficient (Wildman–Crippen LogP) is 3.71. The van der Waals surface area contributed by atoms with Gasteiger partial charge in [0.05, 0.1) is 11.6 Å². The Labute approximate surface area is 122 Å². The quantitative estimate of drug-likeness (QED) is 0.804. The van der Waals surface area contributed by atoms with Gasteiger partial charge in [0.2, 0.25) is 0 Å². The maximum atomic E-state index is 13.4. The van der Waals surface area contributed by atoms with E-state index in [1.54, 1.807) is 18.2 Å². The van der Waals surface area contributed by atoms with Gasteiger partial charge in [-0.05, 0) is 60.9 Å². The topological polar surface area (TPSA) is 50.1 Å². The number of nitriles is 1. The molecule has 0 fully saturated rings. The number of aryl methyl sites for hydroxylation is 2. The Bertz CT molecular complexity index is 709. The summed E-state index contributed by atoms with van der Waals surface area (Å²) in [6, 6.07) is 9.49.